The molecule has 1 amide bonds. The Labute approximate surface area is 112 Å². The Kier molecular flexibility index (Phi) is 4.03. The van der Waals surface area contributed by atoms with Gasteiger partial charge < -0.3 is 15.7 Å². The number of aliphatic hydroxyl groups is 1. The molecule has 0 saturated carbocycles. The minimum atomic E-state index is -1.04. The van der Waals surface area contributed by atoms with Crippen LogP contribution in [0, 0.1) is 17.2 Å². The first-order valence-corrected chi connectivity index (χ1v) is 6.34. The van der Waals surface area contributed by atoms with Crippen molar-refractivity contribution in [2.75, 3.05) is 18.0 Å². The molecule has 0 unspecified atom stereocenters. The largest absolute Gasteiger partial charge is 0.383 e. The van der Waals surface area contributed by atoms with E-state index in [1.165, 1.54) is 0 Å². The lowest BCUT2D eigenvalue weighted by atomic mass is 9.90. The summed E-state index contributed by atoms with van der Waals surface area (Å²) >= 11 is 0. The van der Waals surface area contributed by atoms with Crippen LogP contribution in [0.15, 0.2) is 24.3 Å². The molecule has 0 aliphatic carbocycles. The van der Waals surface area contributed by atoms with Crippen LogP contribution >= 0.6 is 0 Å². The molecule has 1 aromatic rings. The molecule has 19 heavy (non-hydrogen) atoms. The van der Waals surface area contributed by atoms with Gasteiger partial charge in [0.15, 0.2) is 0 Å². The molecular formula is C14H17N3O2. The quantitative estimate of drug-likeness (QED) is 0.832. The van der Waals surface area contributed by atoms with Crippen molar-refractivity contribution in [3.63, 3.8) is 0 Å². The van der Waals surface area contributed by atoms with Crippen LogP contribution in [0.25, 0.3) is 0 Å². The van der Waals surface area contributed by atoms with Gasteiger partial charge >= 0.3 is 0 Å². The number of rotatable bonds is 3. The van der Waals surface area contributed by atoms with Gasteiger partial charge in [0.25, 0.3) is 0 Å². The molecule has 0 spiro atoms. The Morgan fingerprint density at radius 1 is 1.37 bits per heavy atom. The number of benzene rings is 1. The monoisotopic (exact) mass is 259 g/mol. The van der Waals surface area contributed by atoms with Crippen LogP contribution in [0.5, 0.6) is 0 Å². The van der Waals surface area contributed by atoms with Gasteiger partial charge in [-0.2, -0.15) is 5.26 Å². The summed E-state index contributed by atoms with van der Waals surface area (Å²) in [5.41, 5.74) is 6.81. The summed E-state index contributed by atoms with van der Waals surface area (Å²) in [5, 5.41) is 18.4. The van der Waals surface area contributed by atoms with Crippen molar-refractivity contribution in [3.8, 4) is 6.07 Å². The second kappa shape index (κ2) is 5.72. The van der Waals surface area contributed by atoms with Gasteiger partial charge in [-0.15, -0.1) is 0 Å². The number of carbonyl (C=O) groups excluding carboxylic acids is 1. The van der Waals surface area contributed by atoms with Gasteiger partial charge in [0, 0.05) is 18.8 Å². The fraction of sp³-hybridized carbons (Fsp3) is 0.429. The number of anilines is 1. The SMILES string of the molecule is N#Cc1ccc(N2CCC([C@@H](O)C(N)=O)CC2)cc1. The molecule has 1 fully saturated rings. The molecule has 1 saturated heterocycles. The first-order chi connectivity index (χ1) is 9.11. The highest BCUT2D eigenvalue weighted by Crippen LogP contribution is 2.25. The van der Waals surface area contributed by atoms with Crippen LogP contribution in [0.2, 0.25) is 0 Å². The average Bonchev–Trinajstić information content (AvgIpc) is 2.46. The predicted molar refractivity (Wildman–Crippen MR) is 71.3 cm³/mol. The Balaban J connectivity index is 1.96. The number of hydrogen-bond acceptors (Lipinski definition) is 4. The van der Waals surface area contributed by atoms with Gasteiger partial charge in [-0.3, -0.25) is 4.79 Å². The number of piperidine rings is 1. The molecule has 1 heterocycles. The Bertz CT molecular complexity index is 484. The minimum absolute atomic E-state index is 0.0490. The Morgan fingerprint density at radius 2 is 1.95 bits per heavy atom. The average molecular weight is 259 g/mol. The summed E-state index contributed by atoms with van der Waals surface area (Å²) in [6, 6.07) is 9.51. The van der Waals surface area contributed by atoms with E-state index in [0.717, 1.165) is 31.6 Å². The maximum atomic E-state index is 10.9. The lowest BCUT2D eigenvalue weighted by Gasteiger charge is -2.34. The highest BCUT2D eigenvalue weighted by molar-refractivity contribution is 5.78. The molecule has 0 radical (unpaired) electrons. The van der Waals surface area contributed by atoms with Crippen LogP contribution in [0.1, 0.15) is 18.4 Å². The zero-order valence-electron chi connectivity index (χ0n) is 10.6. The molecule has 0 aromatic heterocycles. The second-order valence-corrected chi connectivity index (χ2v) is 4.83. The fourth-order valence-corrected chi connectivity index (χ4v) is 2.45. The van der Waals surface area contributed by atoms with E-state index in [0.29, 0.717) is 5.56 Å². The summed E-state index contributed by atoms with van der Waals surface area (Å²) in [6.45, 7) is 1.56. The molecule has 5 heteroatoms. The van der Waals surface area contributed by atoms with E-state index < -0.39 is 12.0 Å². The lowest BCUT2D eigenvalue weighted by Crippen LogP contribution is -2.42. The van der Waals surface area contributed by atoms with Crippen molar-refractivity contribution >= 4 is 11.6 Å². The van der Waals surface area contributed by atoms with E-state index >= 15 is 0 Å². The first-order valence-electron chi connectivity index (χ1n) is 6.34. The van der Waals surface area contributed by atoms with Crippen LogP contribution in [-0.4, -0.2) is 30.2 Å². The normalized spacial score (nSPS) is 17.8. The van der Waals surface area contributed by atoms with Gasteiger partial charge in [-0.25, -0.2) is 0 Å². The smallest absolute Gasteiger partial charge is 0.246 e. The molecule has 3 N–H and O–H groups in total. The molecule has 1 aliphatic rings. The molecule has 1 aliphatic heterocycles. The summed E-state index contributed by atoms with van der Waals surface area (Å²) in [4.78, 5) is 13.1. The van der Waals surface area contributed by atoms with Crippen LogP contribution < -0.4 is 10.6 Å². The van der Waals surface area contributed by atoms with Gasteiger partial charge in [-0.05, 0) is 43.0 Å². The number of hydrogen-bond donors (Lipinski definition) is 2. The molecular weight excluding hydrogens is 242 g/mol. The fourth-order valence-electron chi connectivity index (χ4n) is 2.45. The van der Waals surface area contributed by atoms with Gasteiger partial charge in [-0.1, -0.05) is 0 Å². The van der Waals surface area contributed by atoms with E-state index in [1.54, 1.807) is 12.1 Å². The van der Waals surface area contributed by atoms with E-state index in [-0.39, 0.29) is 5.92 Å². The maximum Gasteiger partial charge on any atom is 0.246 e. The molecule has 2 rings (SSSR count). The number of amides is 1. The lowest BCUT2D eigenvalue weighted by molar-refractivity contribution is -0.129. The van der Waals surface area contributed by atoms with Crippen LogP contribution in [0.4, 0.5) is 5.69 Å². The molecule has 0 bridgehead atoms. The highest BCUT2D eigenvalue weighted by atomic mass is 16.3. The third-order valence-electron chi connectivity index (χ3n) is 3.64. The Morgan fingerprint density at radius 3 is 2.42 bits per heavy atom. The van der Waals surface area contributed by atoms with Crippen molar-refractivity contribution in [3.05, 3.63) is 29.8 Å². The van der Waals surface area contributed by atoms with E-state index in [1.807, 2.05) is 12.1 Å². The number of nitriles is 1. The zero-order chi connectivity index (χ0) is 13.8. The number of carbonyl (C=O) groups is 1. The number of nitrogens with zero attached hydrogens (tertiary/aromatic N) is 2. The molecule has 1 atom stereocenters. The van der Waals surface area contributed by atoms with E-state index in [4.69, 9.17) is 11.0 Å². The van der Waals surface area contributed by atoms with Crippen molar-refractivity contribution < 1.29 is 9.90 Å². The third kappa shape index (κ3) is 3.04. The van der Waals surface area contributed by atoms with Crippen molar-refractivity contribution in [1.29, 1.82) is 5.26 Å². The highest BCUT2D eigenvalue weighted by Gasteiger charge is 2.28. The summed E-state index contributed by atoms with van der Waals surface area (Å²) in [5.74, 6) is -0.691. The third-order valence-corrected chi connectivity index (χ3v) is 3.64. The number of aliphatic hydroxyl groups excluding tert-OH is 1. The zero-order valence-corrected chi connectivity index (χ0v) is 10.6. The van der Waals surface area contributed by atoms with Crippen molar-refractivity contribution in [2.45, 2.75) is 18.9 Å². The molecule has 100 valence electrons. The maximum absolute atomic E-state index is 10.9. The molecule has 1 aromatic carbocycles. The first kappa shape index (κ1) is 13.4. The predicted octanol–water partition coefficient (Wildman–Crippen LogP) is 0.621. The number of primary amides is 1. The van der Waals surface area contributed by atoms with Gasteiger partial charge in [0.05, 0.1) is 11.6 Å². The van der Waals surface area contributed by atoms with Gasteiger partial charge in [0.1, 0.15) is 6.10 Å². The van der Waals surface area contributed by atoms with Crippen LogP contribution in [-0.2, 0) is 4.79 Å². The topological polar surface area (TPSA) is 90.3 Å². The Hall–Kier alpha value is -2.06. The van der Waals surface area contributed by atoms with E-state index in [9.17, 15) is 9.90 Å². The minimum Gasteiger partial charge on any atom is -0.383 e. The number of nitrogens with two attached hydrogens (primary N) is 1. The summed E-state index contributed by atoms with van der Waals surface area (Å²) in [7, 11) is 0. The van der Waals surface area contributed by atoms with Crippen molar-refractivity contribution in [1.82, 2.24) is 0 Å². The standard InChI is InChI=1S/C14H17N3O2/c15-9-10-1-3-12(4-2-10)17-7-5-11(6-8-17)13(18)14(16)19/h1-4,11,13,18H,5-8H2,(H2,16,19)/t13-/m1/s1. The second-order valence-electron chi connectivity index (χ2n) is 4.83. The van der Waals surface area contributed by atoms with Crippen molar-refractivity contribution in [2.24, 2.45) is 11.7 Å². The van der Waals surface area contributed by atoms with E-state index in [2.05, 4.69) is 11.0 Å². The summed E-state index contributed by atoms with van der Waals surface area (Å²) in [6.07, 6.45) is 0.442. The van der Waals surface area contributed by atoms with Crippen LogP contribution in [0.3, 0.4) is 0 Å². The summed E-state index contributed by atoms with van der Waals surface area (Å²) < 4.78 is 0. The molecule has 5 nitrogen and oxygen atoms in total. The van der Waals surface area contributed by atoms with Gasteiger partial charge in [0.2, 0.25) is 5.91 Å².